The summed E-state index contributed by atoms with van der Waals surface area (Å²) in [4.78, 5) is 12.3. The molecular formula is C14H16Cl2N4O3S. The quantitative estimate of drug-likeness (QED) is 0.868. The minimum atomic E-state index is -3.81. The zero-order chi connectivity index (χ0) is 18.2. The number of hydrogen-bond acceptors (Lipinski definition) is 4. The average Bonchev–Trinajstić information content (AvgIpc) is 2.78. The van der Waals surface area contributed by atoms with E-state index in [1.807, 2.05) is 0 Å². The van der Waals surface area contributed by atoms with E-state index in [0.29, 0.717) is 5.69 Å². The minimum absolute atomic E-state index is 0.00439. The van der Waals surface area contributed by atoms with E-state index in [0.717, 1.165) is 10.00 Å². The van der Waals surface area contributed by atoms with E-state index >= 15 is 0 Å². The first-order chi connectivity index (χ1) is 11.1. The highest BCUT2D eigenvalue weighted by Crippen LogP contribution is 2.30. The topological polar surface area (TPSA) is 84.3 Å². The number of nitrogens with one attached hydrogen (secondary N) is 1. The lowest BCUT2D eigenvalue weighted by Crippen LogP contribution is -2.23. The Hall–Kier alpha value is -1.61. The molecule has 0 bridgehead atoms. The van der Waals surface area contributed by atoms with Crippen LogP contribution in [-0.4, -0.2) is 42.5 Å². The van der Waals surface area contributed by atoms with E-state index in [1.165, 1.54) is 32.4 Å². The van der Waals surface area contributed by atoms with Crippen molar-refractivity contribution >= 4 is 44.8 Å². The van der Waals surface area contributed by atoms with Gasteiger partial charge in [0.1, 0.15) is 4.90 Å². The van der Waals surface area contributed by atoms with Gasteiger partial charge in [-0.15, -0.1) is 0 Å². The van der Waals surface area contributed by atoms with Crippen LogP contribution in [0.25, 0.3) is 0 Å². The fraction of sp³-hybridized carbons (Fsp3) is 0.286. The van der Waals surface area contributed by atoms with Crippen LogP contribution >= 0.6 is 23.2 Å². The van der Waals surface area contributed by atoms with Crippen LogP contribution in [0.3, 0.4) is 0 Å². The van der Waals surface area contributed by atoms with Crippen LogP contribution in [0.15, 0.2) is 23.2 Å². The molecule has 0 saturated heterocycles. The van der Waals surface area contributed by atoms with Crippen molar-refractivity contribution in [3.05, 3.63) is 39.6 Å². The molecule has 1 N–H and O–H groups in total. The molecule has 0 radical (unpaired) electrons. The van der Waals surface area contributed by atoms with Crippen molar-refractivity contribution in [2.24, 2.45) is 7.05 Å². The molecule has 2 aromatic rings. The molecule has 2 rings (SSSR count). The molecule has 1 amide bonds. The number of rotatable bonds is 4. The number of sulfonamides is 1. The van der Waals surface area contributed by atoms with Crippen LogP contribution in [0.5, 0.6) is 0 Å². The van der Waals surface area contributed by atoms with Gasteiger partial charge in [0.25, 0.3) is 5.91 Å². The lowest BCUT2D eigenvalue weighted by atomic mass is 10.2. The third-order valence-electron chi connectivity index (χ3n) is 3.51. The zero-order valence-corrected chi connectivity index (χ0v) is 15.8. The summed E-state index contributed by atoms with van der Waals surface area (Å²) in [6.45, 7) is 1.79. The molecule has 1 aromatic heterocycles. The Labute approximate surface area is 150 Å². The number of hydrogen-bond donors (Lipinski definition) is 1. The Morgan fingerprint density at radius 1 is 1.25 bits per heavy atom. The lowest BCUT2D eigenvalue weighted by Gasteiger charge is -2.15. The number of benzene rings is 1. The number of carbonyl (C=O) groups is 1. The summed E-state index contributed by atoms with van der Waals surface area (Å²) < 4.78 is 27.2. The number of carbonyl (C=O) groups excluding carboxylic acids is 1. The van der Waals surface area contributed by atoms with E-state index in [4.69, 9.17) is 23.2 Å². The third-order valence-corrected chi connectivity index (χ3v) is 6.10. The highest BCUT2D eigenvalue weighted by molar-refractivity contribution is 7.89. The zero-order valence-electron chi connectivity index (χ0n) is 13.5. The molecule has 7 nitrogen and oxygen atoms in total. The highest BCUT2D eigenvalue weighted by Gasteiger charge is 2.24. The van der Waals surface area contributed by atoms with Gasteiger partial charge in [0.2, 0.25) is 10.0 Å². The van der Waals surface area contributed by atoms with Gasteiger partial charge in [-0.2, -0.15) is 5.10 Å². The summed E-state index contributed by atoms with van der Waals surface area (Å²) in [5.74, 6) is -0.553. The second kappa shape index (κ2) is 6.72. The second-order valence-corrected chi connectivity index (χ2v) is 8.21. The molecule has 1 aromatic carbocycles. The smallest absolute Gasteiger partial charge is 0.257 e. The lowest BCUT2D eigenvalue weighted by molar-refractivity contribution is 0.102. The normalized spacial score (nSPS) is 11.8. The summed E-state index contributed by atoms with van der Waals surface area (Å²) in [5.41, 5.74) is 1.25. The fourth-order valence-electron chi connectivity index (χ4n) is 1.91. The summed E-state index contributed by atoms with van der Waals surface area (Å²) in [6.07, 6.45) is 1.49. The van der Waals surface area contributed by atoms with Crippen LogP contribution in [-0.2, 0) is 17.1 Å². The molecule has 10 heteroatoms. The van der Waals surface area contributed by atoms with Crippen molar-refractivity contribution in [2.45, 2.75) is 11.8 Å². The van der Waals surface area contributed by atoms with Gasteiger partial charge in [-0.3, -0.25) is 9.48 Å². The maximum absolute atomic E-state index is 12.5. The molecular weight excluding hydrogens is 375 g/mol. The first-order valence-corrected chi connectivity index (χ1v) is 8.96. The van der Waals surface area contributed by atoms with Gasteiger partial charge in [-0.25, -0.2) is 12.7 Å². The number of anilines is 1. The van der Waals surface area contributed by atoms with Crippen LogP contribution in [0.4, 0.5) is 5.69 Å². The molecule has 130 valence electrons. The van der Waals surface area contributed by atoms with Gasteiger partial charge in [0, 0.05) is 21.1 Å². The van der Waals surface area contributed by atoms with E-state index in [9.17, 15) is 13.2 Å². The number of aryl methyl sites for hydroxylation is 1. The second-order valence-electron chi connectivity index (χ2n) is 5.27. The van der Waals surface area contributed by atoms with E-state index in [-0.39, 0.29) is 20.5 Å². The summed E-state index contributed by atoms with van der Waals surface area (Å²) in [5, 5.41) is 6.68. The molecule has 1 heterocycles. The molecule has 0 aliphatic rings. The Bertz CT molecular complexity index is 907. The van der Waals surface area contributed by atoms with Crippen molar-refractivity contribution in [1.29, 1.82) is 0 Å². The molecule has 0 saturated carbocycles. The number of amides is 1. The van der Waals surface area contributed by atoms with Gasteiger partial charge in [-0.1, -0.05) is 23.2 Å². The molecule has 0 atom stereocenters. The Balaban J connectivity index is 2.47. The Morgan fingerprint density at radius 2 is 1.88 bits per heavy atom. The van der Waals surface area contributed by atoms with Gasteiger partial charge in [0.05, 0.1) is 33.2 Å². The first-order valence-electron chi connectivity index (χ1n) is 6.77. The summed E-state index contributed by atoms with van der Waals surface area (Å²) >= 11 is 12.1. The molecule has 0 spiro atoms. The van der Waals surface area contributed by atoms with Crippen molar-refractivity contribution in [3.8, 4) is 0 Å². The SMILES string of the molecule is Cc1c(NC(=O)c2cc(S(=O)(=O)N(C)C)c(Cl)cc2Cl)cnn1C. The number of aromatic nitrogens is 2. The average molecular weight is 391 g/mol. The van der Waals surface area contributed by atoms with Gasteiger partial charge < -0.3 is 5.32 Å². The Morgan fingerprint density at radius 3 is 2.38 bits per heavy atom. The van der Waals surface area contributed by atoms with E-state index in [2.05, 4.69) is 10.4 Å². The van der Waals surface area contributed by atoms with Crippen molar-refractivity contribution in [1.82, 2.24) is 14.1 Å². The summed E-state index contributed by atoms with van der Waals surface area (Å²) in [7, 11) is 0.675. The molecule has 24 heavy (non-hydrogen) atoms. The largest absolute Gasteiger partial charge is 0.319 e. The van der Waals surface area contributed by atoms with E-state index < -0.39 is 15.9 Å². The predicted octanol–water partition coefficient (Wildman–Crippen LogP) is 2.54. The van der Waals surface area contributed by atoms with Crippen LogP contribution in [0.1, 0.15) is 16.1 Å². The minimum Gasteiger partial charge on any atom is -0.319 e. The van der Waals surface area contributed by atoms with E-state index in [1.54, 1.807) is 18.7 Å². The summed E-state index contributed by atoms with van der Waals surface area (Å²) in [6, 6.07) is 2.41. The molecule has 0 unspecified atom stereocenters. The van der Waals surface area contributed by atoms with Crippen molar-refractivity contribution in [2.75, 3.05) is 19.4 Å². The number of halogens is 2. The van der Waals surface area contributed by atoms with Crippen LogP contribution in [0.2, 0.25) is 10.0 Å². The predicted molar refractivity (Wildman–Crippen MR) is 93.2 cm³/mol. The standard InChI is InChI=1S/C14H16Cl2N4O3S/c1-8-12(7-17-20(8)4)18-14(21)9-5-13(11(16)6-10(9)15)24(22,23)19(2)3/h5-7H,1-4H3,(H,18,21). The van der Waals surface area contributed by atoms with Crippen molar-refractivity contribution < 1.29 is 13.2 Å². The maximum atomic E-state index is 12.5. The monoisotopic (exact) mass is 390 g/mol. The van der Waals surface area contributed by atoms with Crippen LogP contribution < -0.4 is 5.32 Å². The van der Waals surface area contributed by atoms with Gasteiger partial charge >= 0.3 is 0 Å². The molecule has 0 aliphatic carbocycles. The Kier molecular flexibility index (Phi) is 5.24. The van der Waals surface area contributed by atoms with Crippen LogP contribution in [0, 0.1) is 6.92 Å². The molecule has 0 fully saturated rings. The van der Waals surface area contributed by atoms with Gasteiger partial charge in [0.15, 0.2) is 0 Å². The van der Waals surface area contributed by atoms with Crippen molar-refractivity contribution in [3.63, 3.8) is 0 Å². The van der Waals surface area contributed by atoms with Gasteiger partial charge in [-0.05, 0) is 19.1 Å². The first kappa shape index (κ1) is 18.7. The number of nitrogens with zero attached hydrogens (tertiary/aromatic N) is 3. The highest BCUT2D eigenvalue weighted by atomic mass is 35.5. The molecule has 0 aliphatic heterocycles. The fourth-order valence-corrected chi connectivity index (χ4v) is 3.64. The maximum Gasteiger partial charge on any atom is 0.257 e. The third kappa shape index (κ3) is 3.41.